The second-order valence-corrected chi connectivity index (χ2v) is 11.1. The van der Waals surface area contributed by atoms with Gasteiger partial charge in [0, 0.05) is 17.3 Å². The largest absolute Gasteiger partial charge is 0.497 e. The number of anilines is 1. The van der Waals surface area contributed by atoms with Gasteiger partial charge in [0.25, 0.3) is 5.91 Å². The van der Waals surface area contributed by atoms with E-state index >= 15 is 0 Å². The summed E-state index contributed by atoms with van der Waals surface area (Å²) in [5.74, 6) is -1.24. The van der Waals surface area contributed by atoms with Gasteiger partial charge < -0.3 is 14.2 Å². The maximum atomic E-state index is 13.8. The molecule has 0 bridgehead atoms. The second kappa shape index (κ2) is 9.30. The summed E-state index contributed by atoms with van der Waals surface area (Å²) >= 11 is 0. The van der Waals surface area contributed by atoms with Crippen molar-refractivity contribution in [1.82, 2.24) is 5.16 Å². The number of carbonyl (C=O) groups is 2. The first-order valence-electron chi connectivity index (χ1n) is 11.7. The highest BCUT2D eigenvalue weighted by atomic mass is 32.2. The number of carbonyl (C=O) groups excluding carboxylic acids is 2. The Hall–Kier alpha value is -3.46. The van der Waals surface area contributed by atoms with E-state index in [1.807, 2.05) is 0 Å². The lowest BCUT2D eigenvalue weighted by molar-refractivity contribution is -0.133. The predicted octanol–water partition coefficient (Wildman–Crippen LogP) is 4.06. The molecular weight excluding hydrogens is 468 g/mol. The average molecular weight is 495 g/mol. The SMILES string of the molecule is COc1ccc(S(=O)(=O)C2C(=O)C(=O)N(c3ccc(-c4ccon4)cc3)C2C2CCCCC2)cc1. The Morgan fingerprint density at radius 1 is 0.943 bits per heavy atom. The molecule has 2 aliphatic rings. The number of Topliss-reactive ketones (excluding diaryl/α,β-unsaturated/α-hetero) is 1. The highest BCUT2D eigenvalue weighted by molar-refractivity contribution is 7.93. The highest BCUT2D eigenvalue weighted by Crippen LogP contribution is 2.41. The van der Waals surface area contributed by atoms with E-state index in [0.29, 0.717) is 17.1 Å². The van der Waals surface area contributed by atoms with Gasteiger partial charge in [0.15, 0.2) is 15.1 Å². The topological polar surface area (TPSA) is 107 Å². The zero-order valence-corrected chi connectivity index (χ0v) is 20.1. The Balaban J connectivity index is 1.56. The first-order valence-corrected chi connectivity index (χ1v) is 13.2. The minimum atomic E-state index is -4.12. The predicted molar refractivity (Wildman–Crippen MR) is 129 cm³/mol. The minimum Gasteiger partial charge on any atom is -0.497 e. The molecule has 182 valence electrons. The van der Waals surface area contributed by atoms with E-state index in [4.69, 9.17) is 9.26 Å². The molecule has 5 rings (SSSR count). The molecule has 0 spiro atoms. The summed E-state index contributed by atoms with van der Waals surface area (Å²) in [5, 5.41) is 2.46. The fraction of sp³-hybridized carbons (Fsp3) is 0.346. The van der Waals surface area contributed by atoms with E-state index in [1.165, 1.54) is 30.4 Å². The third-order valence-electron chi connectivity index (χ3n) is 7.03. The van der Waals surface area contributed by atoms with Crippen LogP contribution in [0.2, 0.25) is 0 Å². The number of ketones is 1. The molecule has 2 heterocycles. The van der Waals surface area contributed by atoms with Gasteiger partial charge in [-0.25, -0.2) is 8.42 Å². The third-order valence-corrected chi connectivity index (χ3v) is 9.12. The Morgan fingerprint density at radius 3 is 2.23 bits per heavy atom. The summed E-state index contributed by atoms with van der Waals surface area (Å²) in [6, 6.07) is 13.9. The van der Waals surface area contributed by atoms with Crippen LogP contribution in [0, 0.1) is 5.92 Å². The quantitative estimate of drug-likeness (QED) is 0.476. The van der Waals surface area contributed by atoms with Crippen LogP contribution in [-0.4, -0.2) is 43.7 Å². The lowest BCUT2D eigenvalue weighted by Crippen LogP contribution is -2.46. The van der Waals surface area contributed by atoms with Crippen LogP contribution >= 0.6 is 0 Å². The maximum Gasteiger partial charge on any atom is 0.296 e. The number of rotatable bonds is 6. The molecule has 35 heavy (non-hydrogen) atoms. The first kappa shape index (κ1) is 23.3. The molecule has 8 nitrogen and oxygen atoms in total. The van der Waals surface area contributed by atoms with Crippen molar-refractivity contribution in [2.24, 2.45) is 5.92 Å². The molecule has 1 aromatic heterocycles. The van der Waals surface area contributed by atoms with E-state index in [1.54, 1.807) is 42.5 Å². The maximum absolute atomic E-state index is 13.8. The number of methoxy groups -OCH3 is 1. The number of amides is 1. The Bertz CT molecular complexity index is 1310. The standard InChI is InChI=1S/C26H26N2O6S/c1-33-20-11-13-21(14-12-20)35(31,32)25-23(18-5-3-2-4-6-18)28(26(30)24(25)29)19-9-7-17(8-10-19)22-15-16-34-27-22/h7-16,18,23,25H,2-6H2,1H3. The number of benzene rings is 2. The van der Waals surface area contributed by atoms with Gasteiger partial charge in [-0.1, -0.05) is 36.6 Å². The summed E-state index contributed by atoms with van der Waals surface area (Å²) in [4.78, 5) is 28.1. The lowest BCUT2D eigenvalue weighted by atomic mass is 9.82. The van der Waals surface area contributed by atoms with Crippen molar-refractivity contribution in [2.75, 3.05) is 12.0 Å². The van der Waals surface area contributed by atoms with Crippen molar-refractivity contribution in [3.63, 3.8) is 0 Å². The molecule has 1 aliphatic carbocycles. The van der Waals surface area contributed by atoms with E-state index in [9.17, 15) is 18.0 Å². The van der Waals surface area contributed by atoms with Crippen molar-refractivity contribution in [3.8, 4) is 17.0 Å². The van der Waals surface area contributed by atoms with Crippen LogP contribution in [-0.2, 0) is 19.4 Å². The van der Waals surface area contributed by atoms with Crippen LogP contribution in [0.25, 0.3) is 11.3 Å². The van der Waals surface area contributed by atoms with Gasteiger partial charge in [0.05, 0.1) is 18.0 Å². The number of nitrogens with zero attached hydrogens (tertiary/aromatic N) is 2. The third kappa shape index (κ3) is 4.14. The van der Waals surface area contributed by atoms with Crippen molar-refractivity contribution in [2.45, 2.75) is 48.3 Å². The van der Waals surface area contributed by atoms with Crippen molar-refractivity contribution < 1.29 is 27.3 Å². The van der Waals surface area contributed by atoms with Gasteiger partial charge in [-0.2, -0.15) is 0 Å². The van der Waals surface area contributed by atoms with E-state index < -0.39 is 32.8 Å². The molecule has 0 radical (unpaired) electrons. The molecule has 2 atom stereocenters. The van der Waals surface area contributed by atoms with Crippen LogP contribution in [0.4, 0.5) is 5.69 Å². The fourth-order valence-electron chi connectivity index (χ4n) is 5.28. The molecule has 1 saturated heterocycles. The van der Waals surface area contributed by atoms with Crippen LogP contribution in [0.5, 0.6) is 5.75 Å². The van der Waals surface area contributed by atoms with Crippen LogP contribution in [0.3, 0.4) is 0 Å². The van der Waals surface area contributed by atoms with E-state index in [-0.39, 0.29) is 10.8 Å². The zero-order chi connectivity index (χ0) is 24.6. The molecule has 2 aromatic carbocycles. The van der Waals surface area contributed by atoms with E-state index in [2.05, 4.69) is 5.16 Å². The van der Waals surface area contributed by atoms with Gasteiger partial charge in [-0.05, 0) is 55.2 Å². The lowest BCUT2D eigenvalue weighted by Gasteiger charge is -2.36. The van der Waals surface area contributed by atoms with Crippen molar-refractivity contribution in [1.29, 1.82) is 0 Å². The molecule has 2 unspecified atom stereocenters. The Morgan fingerprint density at radius 2 is 1.63 bits per heavy atom. The van der Waals surface area contributed by atoms with Crippen LogP contribution in [0.15, 0.2) is 70.3 Å². The molecule has 3 aromatic rings. The number of hydrogen-bond donors (Lipinski definition) is 0. The van der Waals surface area contributed by atoms with Gasteiger partial charge in [0.2, 0.25) is 5.78 Å². The molecule has 0 N–H and O–H groups in total. The van der Waals surface area contributed by atoms with Gasteiger partial charge >= 0.3 is 0 Å². The zero-order valence-electron chi connectivity index (χ0n) is 19.3. The highest BCUT2D eigenvalue weighted by Gasteiger charge is 2.57. The number of aromatic nitrogens is 1. The average Bonchev–Trinajstić information content (AvgIpc) is 3.52. The van der Waals surface area contributed by atoms with Gasteiger partial charge in [-0.3, -0.25) is 9.59 Å². The molecule has 1 saturated carbocycles. The number of ether oxygens (including phenoxy) is 1. The molecular formula is C26H26N2O6S. The molecule has 9 heteroatoms. The monoisotopic (exact) mass is 494 g/mol. The van der Waals surface area contributed by atoms with Gasteiger partial charge in [0.1, 0.15) is 17.7 Å². The molecule has 1 amide bonds. The summed E-state index contributed by atoms with van der Waals surface area (Å²) in [6.07, 6.45) is 5.96. The second-order valence-electron chi connectivity index (χ2n) is 9.00. The summed E-state index contributed by atoms with van der Waals surface area (Å²) < 4.78 is 37.6. The Labute approximate surface area is 203 Å². The Kier molecular flexibility index (Phi) is 6.19. The molecule has 1 aliphatic heterocycles. The molecule has 2 fully saturated rings. The normalized spacial score (nSPS) is 21.5. The van der Waals surface area contributed by atoms with Crippen molar-refractivity contribution in [3.05, 3.63) is 60.9 Å². The minimum absolute atomic E-state index is 0.00786. The van der Waals surface area contributed by atoms with Gasteiger partial charge in [-0.15, -0.1) is 0 Å². The summed E-state index contributed by atoms with van der Waals surface area (Å²) in [6.45, 7) is 0. The number of hydrogen-bond acceptors (Lipinski definition) is 7. The van der Waals surface area contributed by atoms with Crippen LogP contribution in [0.1, 0.15) is 32.1 Å². The fourth-order valence-corrected chi connectivity index (χ4v) is 7.18. The smallest absolute Gasteiger partial charge is 0.296 e. The van der Waals surface area contributed by atoms with Crippen LogP contribution < -0.4 is 9.64 Å². The van der Waals surface area contributed by atoms with E-state index in [0.717, 1.165) is 37.7 Å². The number of sulfone groups is 1. The summed E-state index contributed by atoms with van der Waals surface area (Å²) in [5.41, 5.74) is 1.93. The summed E-state index contributed by atoms with van der Waals surface area (Å²) in [7, 11) is -2.63. The first-order chi connectivity index (χ1) is 16.9. The van der Waals surface area contributed by atoms with Crippen molar-refractivity contribution >= 4 is 27.2 Å².